The average molecular weight is 292 g/mol. The first-order chi connectivity index (χ1) is 9.78. The lowest BCUT2D eigenvalue weighted by Crippen LogP contribution is -2.32. The zero-order valence-corrected chi connectivity index (χ0v) is 12.3. The molecule has 1 aliphatic carbocycles. The number of hydrogen-bond donors (Lipinski definition) is 2. The van der Waals surface area contributed by atoms with Gasteiger partial charge in [0.25, 0.3) is 5.69 Å². The van der Waals surface area contributed by atoms with E-state index in [0.29, 0.717) is 5.69 Å². The number of nitrogens with zero attached hydrogens (tertiary/aromatic N) is 1. The second-order valence-electron chi connectivity index (χ2n) is 6.40. The van der Waals surface area contributed by atoms with E-state index < -0.39 is 10.9 Å². The molecule has 0 saturated heterocycles. The average Bonchev–Trinajstić information content (AvgIpc) is 2.37. The number of nitro groups is 1. The van der Waals surface area contributed by atoms with Crippen molar-refractivity contribution >= 4 is 17.3 Å². The van der Waals surface area contributed by atoms with Crippen LogP contribution in [0.2, 0.25) is 0 Å². The van der Waals surface area contributed by atoms with Gasteiger partial charge in [0, 0.05) is 12.1 Å². The molecule has 0 amide bonds. The molecule has 1 aliphatic rings. The molecule has 6 heteroatoms. The lowest BCUT2D eigenvalue weighted by atomic mass is 9.75. The van der Waals surface area contributed by atoms with Crippen molar-refractivity contribution in [2.45, 2.75) is 45.6 Å². The van der Waals surface area contributed by atoms with Gasteiger partial charge in [0.2, 0.25) is 0 Å². The van der Waals surface area contributed by atoms with E-state index in [1.54, 1.807) is 0 Å². The summed E-state index contributed by atoms with van der Waals surface area (Å²) < 4.78 is 0. The van der Waals surface area contributed by atoms with Gasteiger partial charge >= 0.3 is 5.97 Å². The molecule has 1 aromatic carbocycles. The number of rotatable bonds is 4. The number of nitro benzene ring substituents is 1. The first-order valence-electron chi connectivity index (χ1n) is 7.07. The maximum Gasteiger partial charge on any atom is 0.335 e. The van der Waals surface area contributed by atoms with E-state index in [9.17, 15) is 14.9 Å². The number of benzene rings is 1. The SMILES string of the molecule is CC1(C)CCCC(Nc2cc(C(=O)O)ccc2[N+](=O)[O-])C1. The fraction of sp³-hybridized carbons (Fsp3) is 0.533. The molecule has 1 unspecified atom stereocenters. The maximum absolute atomic E-state index is 11.1. The predicted molar refractivity (Wildman–Crippen MR) is 79.7 cm³/mol. The van der Waals surface area contributed by atoms with Crippen LogP contribution in [0.3, 0.4) is 0 Å². The second-order valence-corrected chi connectivity index (χ2v) is 6.40. The molecular weight excluding hydrogens is 272 g/mol. The third-order valence-electron chi connectivity index (χ3n) is 4.00. The smallest absolute Gasteiger partial charge is 0.335 e. The van der Waals surface area contributed by atoms with Crippen LogP contribution in [0.25, 0.3) is 0 Å². The molecule has 114 valence electrons. The van der Waals surface area contributed by atoms with Crippen molar-refractivity contribution in [3.8, 4) is 0 Å². The van der Waals surface area contributed by atoms with Crippen molar-refractivity contribution < 1.29 is 14.8 Å². The highest BCUT2D eigenvalue weighted by Crippen LogP contribution is 2.37. The van der Waals surface area contributed by atoms with Gasteiger partial charge in [0.05, 0.1) is 10.5 Å². The van der Waals surface area contributed by atoms with Crippen LogP contribution in [0.15, 0.2) is 18.2 Å². The van der Waals surface area contributed by atoms with Crippen LogP contribution in [0.1, 0.15) is 49.9 Å². The normalized spacial score (nSPS) is 20.8. The van der Waals surface area contributed by atoms with E-state index in [-0.39, 0.29) is 22.7 Å². The van der Waals surface area contributed by atoms with Gasteiger partial charge in [-0.15, -0.1) is 0 Å². The van der Waals surface area contributed by atoms with E-state index in [4.69, 9.17) is 5.11 Å². The molecule has 0 bridgehead atoms. The lowest BCUT2D eigenvalue weighted by Gasteiger charge is -2.36. The van der Waals surface area contributed by atoms with Crippen LogP contribution in [0.5, 0.6) is 0 Å². The fourth-order valence-electron chi connectivity index (χ4n) is 2.99. The third kappa shape index (κ3) is 3.71. The van der Waals surface area contributed by atoms with E-state index in [1.165, 1.54) is 18.2 Å². The first kappa shape index (κ1) is 15.3. The Labute approximate surface area is 123 Å². The summed E-state index contributed by atoms with van der Waals surface area (Å²) >= 11 is 0. The predicted octanol–water partition coefficient (Wildman–Crippen LogP) is 3.67. The molecule has 0 heterocycles. The molecule has 0 aliphatic heterocycles. The minimum atomic E-state index is -1.09. The van der Waals surface area contributed by atoms with Gasteiger partial charge in [-0.1, -0.05) is 20.3 Å². The van der Waals surface area contributed by atoms with Crippen molar-refractivity contribution in [2.24, 2.45) is 5.41 Å². The molecule has 0 radical (unpaired) electrons. The van der Waals surface area contributed by atoms with Crippen LogP contribution in [0, 0.1) is 15.5 Å². The number of carbonyl (C=O) groups is 1. The summed E-state index contributed by atoms with van der Waals surface area (Å²) in [5.74, 6) is -1.09. The van der Waals surface area contributed by atoms with Crippen LogP contribution >= 0.6 is 0 Å². The fourth-order valence-corrected chi connectivity index (χ4v) is 2.99. The maximum atomic E-state index is 11.1. The molecule has 6 nitrogen and oxygen atoms in total. The Hall–Kier alpha value is -2.11. The Kier molecular flexibility index (Phi) is 4.16. The summed E-state index contributed by atoms with van der Waals surface area (Å²) in [5, 5.41) is 23.3. The minimum absolute atomic E-state index is 0.0539. The van der Waals surface area contributed by atoms with E-state index >= 15 is 0 Å². The summed E-state index contributed by atoms with van der Waals surface area (Å²) in [4.78, 5) is 21.6. The summed E-state index contributed by atoms with van der Waals surface area (Å²) in [5.41, 5.74) is 0.471. The highest BCUT2D eigenvalue weighted by molar-refractivity contribution is 5.90. The van der Waals surface area contributed by atoms with Crippen LogP contribution in [-0.2, 0) is 0 Å². The quantitative estimate of drug-likeness (QED) is 0.652. The highest BCUT2D eigenvalue weighted by Gasteiger charge is 2.29. The van der Waals surface area contributed by atoms with E-state index in [0.717, 1.165) is 25.7 Å². The Morgan fingerprint density at radius 2 is 2.19 bits per heavy atom. The van der Waals surface area contributed by atoms with Gasteiger partial charge in [0.15, 0.2) is 0 Å². The molecule has 1 atom stereocenters. The van der Waals surface area contributed by atoms with Gasteiger partial charge in [-0.3, -0.25) is 10.1 Å². The van der Waals surface area contributed by atoms with Crippen molar-refractivity contribution in [3.63, 3.8) is 0 Å². The molecule has 1 aromatic rings. The topological polar surface area (TPSA) is 92.5 Å². The third-order valence-corrected chi connectivity index (χ3v) is 4.00. The van der Waals surface area contributed by atoms with E-state index in [2.05, 4.69) is 19.2 Å². The van der Waals surface area contributed by atoms with Gasteiger partial charge in [-0.05, 0) is 36.8 Å². The van der Waals surface area contributed by atoms with Crippen molar-refractivity contribution in [3.05, 3.63) is 33.9 Å². The van der Waals surface area contributed by atoms with Gasteiger partial charge < -0.3 is 10.4 Å². The Morgan fingerprint density at radius 3 is 2.76 bits per heavy atom. The molecular formula is C15H20N2O4. The number of anilines is 1. The standard InChI is InChI=1S/C15H20N2O4/c1-15(2)7-3-4-11(9-15)16-12-8-10(14(18)19)5-6-13(12)17(20)21/h5-6,8,11,16H,3-4,7,9H2,1-2H3,(H,18,19). The summed E-state index contributed by atoms with van der Waals surface area (Å²) in [6, 6.07) is 4.00. The molecule has 1 fully saturated rings. The monoisotopic (exact) mass is 292 g/mol. The van der Waals surface area contributed by atoms with Crippen LogP contribution < -0.4 is 5.32 Å². The van der Waals surface area contributed by atoms with Crippen molar-refractivity contribution in [2.75, 3.05) is 5.32 Å². The number of carboxylic acid groups (broad SMARTS) is 1. The molecule has 21 heavy (non-hydrogen) atoms. The number of aromatic carboxylic acids is 1. The Balaban J connectivity index is 2.26. The largest absolute Gasteiger partial charge is 0.478 e. The van der Waals surface area contributed by atoms with E-state index in [1.807, 2.05) is 0 Å². The second kappa shape index (κ2) is 5.71. The van der Waals surface area contributed by atoms with Crippen LogP contribution in [0.4, 0.5) is 11.4 Å². The van der Waals surface area contributed by atoms with Crippen LogP contribution in [-0.4, -0.2) is 22.0 Å². The minimum Gasteiger partial charge on any atom is -0.478 e. The summed E-state index contributed by atoms with van der Waals surface area (Å²) in [7, 11) is 0. The number of carboxylic acids is 1. The number of nitrogens with one attached hydrogen (secondary N) is 1. The van der Waals surface area contributed by atoms with Gasteiger partial charge in [0.1, 0.15) is 5.69 Å². The summed E-state index contributed by atoms with van der Waals surface area (Å²) in [6.45, 7) is 4.37. The molecule has 2 N–H and O–H groups in total. The highest BCUT2D eigenvalue weighted by atomic mass is 16.6. The first-order valence-corrected chi connectivity index (χ1v) is 7.07. The molecule has 0 spiro atoms. The molecule has 0 aromatic heterocycles. The zero-order valence-electron chi connectivity index (χ0n) is 12.3. The summed E-state index contributed by atoms with van der Waals surface area (Å²) in [6.07, 6.45) is 4.07. The molecule has 2 rings (SSSR count). The Morgan fingerprint density at radius 1 is 1.48 bits per heavy atom. The van der Waals surface area contributed by atoms with Gasteiger partial charge in [-0.25, -0.2) is 4.79 Å². The zero-order chi connectivity index (χ0) is 15.6. The molecule has 1 saturated carbocycles. The Bertz CT molecular complexity index is 569. The van der Waals surface area contributed by atoms with Crippen molar-refractivity contribution in [1.29, 1.82) is 0 Å². The van der Waals surface area contributed by atoms with Crippen molar-refractivity contribution in [1.82, 2.24) is 0 Å². The van der Waals surface area contributed by atoms with Gasteiger partial charge in [-0.2, -0.15) is 0 Å². The number of hydrogen-bond acceptors (Lipinski definition) is 4. The lowest BCUT2D eigenvalue weighted by molar-refractivity contribution is -0.384.